The van der Waals surface area contributed by atoms with Crippen molar-refractivity contribution in [2.45, 2.75) is 6.42 Å². The van der Waals surface area contributed by atoms with E-state index in [0.717, 1.165) is 6.42 Å². The summed E-state index contributed by atoms with van der Waals surface area (Å²) in [5.41, 5.74) is 2.79. The van der Waals surface area contributed by atoms with E-state index in [1.807, 2.05) is 0 Å². The van der Waals surface area contributed by atoms with Gasteiger partial charge in [-0.1, -0.05) is 42.0 Å². The Morgan fingerprint density at radius 2 is 1.37 bits per heavy atom. The van der Waals surface area contributed by atoms with Gasteiger partial charge in [0.05, 0.1) is 0 Å². The van der Waals surface area contributed by atoms with Crippen molar-refractivity contribution < 1.29 is 25.8 Å². The average molecular weight is 457 g/mol. The van der Waals surface area contributed by atoms with E-state index in [4.69, 9.17) is 0 Å². The van der Waals surface area contributed by atoms with Crippen molar-refractivity contribution in [3.8, 4) is 0 Å². The van der Waals surface area contributed by atoms with Crippen LogP contribution in [0.3, 0.4) is 0 Å². The van der Waals surface area contributed by atoms with Crippen molar-refractivity contribution >= 4 is 35.6 Å². The molecular weight excluding hydrogens is 442 g/mol. The maximum absolute atomic E-state index is 2.23. The SMILES string of the molecule is Cl.Cl.[Hf].c1ccc(C[c-]2ccc3ccccc32)cc1. The van der Waals surface area contributed by atoms with E-state index in [2.05, 4.69) is 66.7 Å². The molecule has 0 fully saturated rings. The van der Waals surface area contributed by atoms with Crippen LogP contribution < -0.4 is 0 Å². The molecule has 0 nitrogen and oxygen atoms in total. The quantitative estimate of drug-likeness (QED) is 0.376. The van der Waals surface area contributed by atoms with Crippen LogP contribution in [0.15, 0.2) is 66.7 Å². The van der Waals surface area contributed by atoms with E-state index in [-0.39, 0.29) is 50.7 Å². The molecule has 0 saturated carbocycles. The monoisotopic (exact) mass is 457 g/mol. The van der Waals surface area contributed by atoms with Crippen LogP contribution in [0.2, 0.25) is 0 Å². The van der Waals surface area contributed by atoms with Gasteiger partial charge in [0.1, 0.15) is 0 Å². The van der Waals surface area contributed by atoms with Crippen molar-refractivity contribution in [3.05, 3.63) is 77.9 Å². The second-order valence-electron chi connectivity index (χ2n) is 4.11. The third kappa shape index (κ3) is 4.24. The molecule has 0 spiro atoms. The van der Waals surface area contributed by atoms with Gasteiger partial charge in [-0.25, -0.2) is 0 Å². The fourth-order valence-electron chi connectivity index (χ4n) is 2.18. The Balaban J connectivity index is 0.00000108. The van der Waals surface area contributed by atoms with Crippen molar-refractivity contribution in [2.75, 3.05) is 0 Å². The summed E-state index contributed by atoms with van der Waals surface area (Å²) in [7, 11) is 0. The third-order valence-corrected chi connectivity index (χ3v) is 3.01. The van der Waals surface area contributed by atoms with Gasteiger partial charge in [-0.3, -0.25) is 0 Å². The van der Waals surface area contributed by atoms with Crippen LogP contribution in [0.4, 0.5) is 0 Å². The second-order valence-corrected chi connectivity index (χ2v) is 4.11. The summed E-state index contributed by atoms with van der Waals surface area (Å²) in [4.78, 5) is 0. The van der Waals surface area contributed by atoms with E-state index in [9.17, 15) is 0 Å². The minimum Gasteiger partial charge on any atom is -0.168 e. The predicted molar refractivity (Wildman–Crippen MR) is 83.3 cm³/mol. The predicted octanol–water partition coefficient (Wildman–Crippen LogP) is 4.99. The minimum absolute atomic E-state index is 0. The summed E-state index contributed by atoms with van der Waals surface area (Å²) in [5.74, 6) is 0. The summed E-state index contributed by atoms with van der Waals surface area (Å²) in [6.45, 7) is 0. The number of halogens is 2. The van der Waals surface area contributed by atoms with Gasteiger partial charge in [-0.05, 0) is 6.42 Å². The molecule has 3 rings (SSSR count). The van der Waals surface area contributed by atoms with Crippen molar-refractivity contribution in [2.24, 2.45) is 0 Å². The molecule has 3 aromatic carbocycles. The Morgan fingerprint density at radius 3 is 2.11 bits per heavy atom. The van der Waals surface area contributed by atoms with Gasteiger partial charge in [0.25, 0.3) is 0 Å². The van der Waals surface area contributed by atoms with Gasteiger partial charge in [0, 0.05) is 25.8 Å². The molecule has 0 atom stereocenters. The maximum Gasteiger partial charge on any atom is 0 e. The zero-order valence-corrected chi connectivity index (χ0v) is 15.6. The van der Waals surface area contributed by atoms with Crippen molar-refractivity contribution in [1.29, 1.82) is 0 Å². The molecule has 0 unspecified atom stereocenters. The van der Waals surface area contributed by atoms with Crippen LogP contribution in [0, 0.1) is 0 Å². The number of benzene rings is 2. The minimum atomic E-state index is 0. The van der Waals surface area contributed by atoms with Crippen LogP contribution in [-0.2, 0) is 32.3 Å². The molecule has 3 aromatic rings. The molecule has 0 aromatic heterocycles. The molecule has 19 heavy (non-hydrogen) atoms. The topological polar surface area (TPSA) is 0 Å². The normalized spacial score (nSPS) is 9.05. The van der Waals surface area contributed by atoms with Gasteiger partial charge >= 0.3 is 0 Å². The number of rotatable bonds is 2. The molecule has 0 radical (unpaired) electrons. The molecule has 0 aliphatic carbocycles. The van der Waals surface area contributed by atoms with Gasteiger partial charge in [0.2, 0.25) is 0 Å². The fourth-order valence-corrected chi connectivity index (χ4v) is 2.18. The summed E-state index contributed by atoms with van der Waals surface area (Å²) >= 11 is 0. The first-order valence-electron chi connectivity index (χ1n) is 5.61. The number of hydrogen-bond acceptors (Lipinski definition) is 0. The van der Waals surface area contributed by atoms with Gasteiger partial charge in [-0.2, -0.15) is 6.07 Å². The van der Waals surface area contributed by atoms with Crippen LogP contribution in [0.1, 0.15) is 11.1 Å². The summed E-state index contributed by atoms with van der Waals surface area (Å²) in [6.07, 6.45) is 1.02. The van der Waals surface area contributed by atoms with Crippen molar-refractivity contribution in [1.82, 2.24) is 0 Å². The van der Waals surface area contributed by atoms with Crippen LogP contribution in [0.25, 0.3) is 10.8 Å². The third-order valence-electron chi connectivity index (χ3n) is 3.01. The molecule has 0 bridgehead atoms. The zero-order valence-electron chi connectivity index (χ0n) is 10.4. The van der Waals surface area contributed by atoms with Gasteiger partial charge in [-0.15, -0.1) is 65.4 Å². The van der Waals surface area contributed by atoms with E-state index in [1.165, 1.54) is 21.9 Å². The standard InChI is InChI=1S/C16H13.2ClH.Hf/c1-2-6-13(7-3-1)12-15-11-10-14-8-4-5-9-16(14)15;;;/h1-11H,12H2;2*1H;/q-1;;;. The Morgan fingerprint density at radius 1 is 0.737 bits per heavy atom. The Bertz CT molecular complexity index is 602. The van der Waals surface area contributed by atoms with E-state index < -0.39 is 0 Å². The summed E-state index contributed by atoms with van der Waals surface area (Å²) in [5, 5.41) is 2.72. The first-order chi connectivity index (χ1) is 7.93. The Kier molecular flexibility index (Phi) is 8.40. The molecule has 0 saturated heterocycles. The van der Waals surface area contributed by atoms with Crippen LogP contribution >= 0.6 is 24.8 Å². The Hall–Kier alpha value is -0.500. The molecule has 0 aliphatic heterocycles. The molecule has 0 amide bonds. The summed E-state index contributed by atoms with van der Waals surface area (Å²) < 4.78 is 0. The molecule has 0 heterocycles. The Labute approximate surface area is 145 Å². The average Bonchev–Trinajstić information content (AvgIpc) is 2.74. The fraction of sp³-hybridized carbons (Fsp3) is 0.0625. The first-order valence-corrected chi connectivity index (χ1v) is 5.61. The van der Waals surface area contributed by atoms with E-state index in [1.54, 1.807) is 0 Å². The number of fused-ring (bicyclic) bond motifs is 1. The largest absolute Gasteiger partial charge is 0.168 e. The van der Waals surface area contributed by atoms with E-state index >= 15 is 0 Å². The van der Waals surface area contributed by atoms with Gasteiger partial charge < -0.3 is 0 Å². The van der Waals surface area contributed by atoms with Crippen LogP contribution in [0.5, 0.6) is 0 Å². The molecule has 0 N–H and O–H groups in total. The first kappa shape index (κ1) is 18.5. The maximum atomic E-state index is 2.23. The molecule has 0 aliphatic rings. The van der Waals surface area contributed by atoms with Crippen LogP contribution in [-0.4, -0.2) is 0 Å². The van der Waals surface area contributed by atoms with E-state index in [0.29, 0.717) is 0 Å². The molecular formula is C16H15Cl2Hf-. The summed E-state index contributed by atoms with van der Waals surface area (Å²) in [6, 6.07) is 23.6. The number of hydrogen-bond donors (Lipinski definition) is 0. The smallest absolute Gasteiger partial charge is 0 e. The zero-order chi connectivity index (χ0) is 10.8. The van der Waals surface area contributed by atoms with Crippen molar-refractivity contribution in [3.63, 3.8) is 0 Å². The van der Waals surface area contributed by atoms with Gasteiger partial charge in [0.15, 0.2) is 0 Å². The molecule has 98 valence electrons. The second kappa shape index (κ2) is 8.63. The molecule has 3 heteroatoms.